The van der Waals surface area contributed by atoms with Crippen molar-refractivity contribution in [2.45, 2.75) is 6.92 Å². The molecule has 0 aliphatic heterocycles. The minimum Gasteiger partial charge on any atom is -0.422 e. The minimum atomic E-state index is -0.744. The molecule has 6 aromatic rings. The molecule has 0 fully saturated rings. The van der Waals surface area contributed by atoms with Crippen molar-refractivity contribution in [2.75, 3.05) is 0 Å². The van der Waals surface area contributed by atoms with E-state index in [0.29, 0.717) is 21.9 Å². The number of nitriles is 1. The van der Waals surface area contributed by atoms with Crippen LogP contribution in [-0.2, 0) is 0 Å². The van der Waals surface area contributed by atoms with Gasteiger partial charge in [-0.05, 0) is 54.1 Å². The minimum absolute atomic E-state index is 0.0811. The molecule has 0 atom stereocenters. The molecule has 8 nitrogen and oxygen atoms in total. The highest BCUT2D eigenvalue weighted by Crippen LogP contribution is 2.28. The Morgan fingerprint density at radius 3 is 2.34 bits per heavy atom. The van der Waals surface area contributed by atoms with Crippen LogP contribution in [0.15, 0.2) is 113 Å². The molecule has 0 spiro atoms. The lowest BCUT2D eigenvalue weighted by Crippen LogP contribution is -2.24. The second-order valence-electron chi connectivity index (χ2n) is 8.68. The maximum absolute atomic E-state index is 13.2. The van der Waals surface area contributed by atoms with E-state index in [1.165, 1.54) is 12.1 Å². The van der Waals surface area contributed by atoms with E-state index in [4.69, 9.17) is 8.83 Å². The smallest absolute Gasteiger partial charge is 0.345 e. The van der Waals surface area contributed by atoms with Crippen molar-refractivity contribution < 1.29 is 8.83 Å². The van der Waals surface area contributed by atoms with Gasteiger partial charge in [-0.15, -0.1) is 0 Å². The summed E-state index contributed by atoms with van der Waals surface area (Å²) in [6.45, 7) is 1.55. The molecule has 182 valence electrons. The lowest BCUT2D eigenvalue weighted by molar-refractivity contribution is 0.559. The van der Waals surface area contributed by atoms with Crippen LogP contribution in [0.3, 0.4) is 0 Å². The lowest BCUT2D eigenvalue weighted by atomic mass is 10.0. The molecule has 3 heterocycles. The van der Waals surface area contributed by atoms with Crippen LogP contribution < -0.4 is 16.8 Å². The van der Waals surface area contributed by atoms with Crippen LogP contribution in [0.4, 0.5) is 0 Å². The summed E-state index contributed by atoms with van der Waals surface area (Å²) < 4.78 is 12.0. The van der Waals surface area contributed by atoms with Gasteiger partial charge < -0.3 is 8.83 Å². The van der Waals surface area contributed by atoms with Gasteiger partial charge in [0.1, 0.15) is 22.8 Å². The normalized spacial score (nSPS) is 11.7. The molecule has 0 saturated carbocycles. The lowest BCUT2D eigenvalue weighted by Gasteiger charge is -2.11. The van der Waals surface area contributed by atoms with Crippen LogP contribution in [-0.4, -0.2) is 10.4 Å². The second-order valence-corrected chi connectivity index (χ2v) is 8.68. The van der Waals surface area contributed by atoms with Crippen molar-refractivity contribution in [1.29, 1.82) is 5.26 Å². The summed E-state index contributed by atoms with van der Waals surface area (Å²) in [5.74, 6) is 0. The number of pyridine rings is 1. The number of hydrogen-bond acceptors (Lipinski definition) is 7. The fourth-order valence-electron chi connectivity index (χ4n) is 4.48. The van der Waals surface area contributed by atoms with Crippen LogP contribution in [0.5, 0.6) is 0 Å². The highest BCUT2D eigenvalue weighted by Gasteiger charge is 2.17. The first kappa shape index (κ1) is 22.9. The second kappa shape index (κ2) is 8.84. The topological polar surface area (TPSA) is 119 Å². The molecule has 0 amide bonds. The van der Waals surface area contributed by atoms with E-state index in [1.54, 1.807) is 49.4 Å². The molecule has 0 bridgehead atoms. The van der Waals surface area contributed by atoms with Crippen molar-refractivity contribution in [3.05, 3.63) is 127 Å². The first-order valence-corrected chi connectivity index (χ1v) is 11.7. The van der Waals surface area contributed by atoms with Crippen molar-refractivity contribution in [3.8, 4) is 17.3 Å². The fraction of sp³-hybridized carbons (Fsp3) is 0.0333. The zero-order valence-corrected chi connectivity index (χ0v) is 20.0. The van der Waals surface area contributed by atoms with E-state index in [2.05, 4.69) is 5.10 Å². The van der Waals surface area contributed by atoms with E-state index in [9.17, 15) is 19.6 Å². The van der Waals surface area contributed by atoms with E-state index in [-0.39, 0.29) is 28.1 Å². The van der Waals surface area contributed by atoms with Crippen molar-refractivity contribution >= 4 is 38.4 Å². The highest BCUT2D eigenvalue weighted by atomic mass is 16.4. The summed E-state index contributed by atoms with van der Waals surface area (Å²) in [6, 6.07) is 26.2. The van der Waals surface area contributed by atoms with Gasteiger partial charge in [0.05, 0.1) is 22.5 Å². The molecule has 0 saturated heterocycles. The molecule has 0 unspecified atom stereocenters. The third-order valence-corrected chi connectivity index (χ3v) is 6.38. The van der Waals surface area contributed by atoms with Crippen LogP contribution in [0, 0.1) is 11.3 Å². The number of nitrogens with zero attached hydrogens (tertiary/aromatic N) is 3. The molecular formula is C30H17N3O5. The Morgan fingerprint density at radius 2 is 1.53 bits per heavy atom. The molecule has 8 heteroatoms. The molecule has 38 heavy (non-hydrogen) atoms. The van der Waals surface area contributed by atoms with Gasteiger partial charge in [-0.3, -0.25) is 4.79 Å². The van der Waals surface area contributed by atoms with Crippen molar-refractivity contribution in [3.63, 3.8) is 0 Å². The number of hydrogen-bond donors (Lipinski definition) is 0. The van der Waals surface area contributed by atoms with Gasteiger partial charge in [0, 0.05) is 10.8 Å². The summed E-state index contributed by atoms with van der Waals surface area (Å²) in [6.07, 6.45) is 0. The standard InChI is InChI=1S/C30H17N3O5/c1-17(22-14-19-7-3-5-9-26(19)37-29(22)35)32-33-25(12-10-20(16-31)28(33)34)24-15-23-21-8-4-2-6-18(21)11-13-27(23)38-30(24)36/h2-15H,1H3. The largest absolute Gasteiger partial charge is 0.422 e. The van der Waals surface area contributed by atoms with E-state index >= 15 is 0 Å². The average molecular weight is 499 g/mol. The molecular weight excluding hydrogens is 482 g/mol. The van der Waals surface area contributed by atoms with Crippen LogP contribution in [0.1, 0.15) is 18.1 Å². The van der Waals surface area contributed by atoms with Crippen LogP contribution in [0.25, 0.3) is 44.0 Å². The average Bonchev–Trinajstić information content (AvgIpc) is 2.93. The zero-order valence-electron chi connectivity index (χ0n) is 20.0. The summed E-state index contributed by atoms with van der Waals surface area (Å²) in [5, 5.41) is 17.0. The summed E-state index contributed by atoms with van der Waals surface area (Å²) in [4.78, 5) is 39.0. The van der Waals surface area contributed by atoms with Crippen LogP contribution >= 0.6 is 0 Å². The third-order valence-electron chi connectivity index (χ3n) is 6.38. The van der Waals surface area contributed by atoms with Gasteiger partial charge in [0.2, 0.25) is 0 Å². The number of fused-ring (bicyclic) bond motifs is 4. The van der Waals surface area contributed by atoms with E-state index < -0.39 is 16.8 Å². The van der Waals surface area contributed by atoms with Gasteiger partial charge >= 0.3 is 11.3 Å². The number of rotatable bonds is 3. The number of aromatic nitrogens is 1. The van der Waals surface area contributed by atoms with E-state index in [1.807, 2.05) is 36.4 Å². The summed E-state index contributed by atoms with van der Waals surface area (Å²) >= 11 is 0. The molecule has 0 radical (unpaired) electrons. The maximum Gasteiger partial charge on any atom is 0.345 e. The molecule has 0 N–H and O–H groups in total. The maximum atomic E-state index is 13.2. The molecule has 0 aliphatic carbocycles. The van der Waals surface area contributed by atoms with Crippen molar-refractivity contribution in [1.82, 2.24) is 4.68 Å². The summed E-state index contributed by atoms with van der Waals surface area (Å²) in [5.41, 5.74) is -0.915. The summed E-state index contributed by atoms with van der Waals surface area (Å²) in [7, 11) is 0. The Kier molecular flexibility index (Phi) is 5.32. The molecule has 6 rings (SSSR count). The van der Waals surface area contributed by atoms with Crippen molar-refractivity contribution in [2.24, 2.45) is 5.10 Å². The first-order chi connectivity index (χ1) is 18.4. The highest BCUT2D eigenvalue weighted by molar-refractivity contribution is 6.06. The molecule has 0 aliphatic rings. The Hall–Kier alpha value is -5.55. The fourth-order valence-corrected chi connectivity index (χ4v) is 4.48. The number of benzene rings is 3. The molecule has 3 aromatic carbocycles. The first-order valence-electron chi connectivity index (χ1n) is 11.7. The van der Waals surface area contributed by atoms with Gasteiger partial charge in [0.15, 0.2) is 0 Å². The predicted octanol–water partition coefficient (Wildman–Crippen LogP) is 5.03. The van der Waals surface area contributed by atoms with Gasteiger partial charge in [0.25, 0.3) is 5.56 Å². The number of para-hydroxylation sites is 1. The Bertz CT molecular complexity index is 2180. The Balaban J connectivity index is 1.62. The predicted molar refractivity (Wildman–Crippen MR) is 144 cm³/mol. The SMILES string of the molecule is CC(=Nn1c(-c2cc3c(ccc4ccccc43)oc2=O)ccc(C#N)c1=O)c1cc2ccccc2oc1=O. The Morgan fingerprint density at radius 1 is 0.789 bits per heavy atom. The van der Waals surface area contributed by atoms with Crippen LogP contribution in [0.2, 0.25) is 0 Å². The monoisotopic (exact) mass is 499 g/mol. The molecule has 3 aromatic heterocycles. The van der Waals surface area contributed by atoms with Gasteiger partial charge in [-0.25, -0.2) is 9.59 Å². The van der Waals surface area contributed by atoms with E-state index in [0.717, 1.165) is 15.4 Å². The quantitative estimate of drug-likeness (QED) is 0.192. The van der Waals surface area contributed by atoms with Gasteiger partial charge in [-0.1, -0.05) is 48.5 Å². The third kappa shape index (κ3) is 3.70. The van der Waals surface area contributed by atoms with Gasteiger partial charge in [-0.2, -0.15) is 15.0 Å². The Labute approximate surface area is 213 Å². The zero-order chi connectivity index (χ0) is 26.4.